The first kappa shape index (κ1) is 11.5. The second-order valence-electron chi connectivity index (χ2n) is 3.30. The van der Waals surface area contributed by atoms with E-state index in [0.717, 1.165) is 5.19 Å². The van der Waals surface area contributed by atoms with Gasteiger partial charge in [-0.25, -0.2) is 0 Å². The Morgan fingerprint density at radius 1 is 0.750 bits per heavy atom. The fourth-order valence-electron chi connectivity index (χ4n) is 1.33. The molecule has 2 rings (SSSR count). The molecule has 0 heterocycles. The van der Waals surface area contributed by atoms with Crippen LogP contribution in [0.1, 0.15) is 0 Å². The van der Waals surface area contributed by atoms with Crippen molar-refractivity contribution in [3.05, 3.63) is 60.7 Å². The van der Waals surface area contributed by atoms with Gasteiger partial charge in [0, 0.05) is 5.19 Å². The van der Waals surface area contributed by atoms with E-state index in [4.69, 9.17) is 26.6 Å². The Morgan fingerprint density at radius 3 is 1.81 bits per heavy atom. The molecule has 2 aromatic rings. The highest BCUT2D eigenvalue weighted by Gasteiger charge is 2.35. The SMILES string of the molecule is Cl[Si](Cl)(Oc1ccccc1)c1ccccc1. The van der Waals surface area contributed by atoms with E-state index in [0.29, 0.717) is 5.75 Å². The van der Waals surface area contributed by atoms with Crippen LogP contribution in [0.15, 0.2) is 60.7 Å². The molecule has 0 saturated carbocycles. The summed E-state index contributed by atoms with van der Waals surface area (Å²) in [6.45, 7) is -2.88. The van der Waals surface area contributed by atoms with Crippen LogP contribution >= 0.6 is 22.2 Å². The number of benzene rings is 2. The molecule has 0 radical (unpaired) electrons. The van der Waals surface area contributed by atoms with Crippen molar-refractivity contribution in [1.82, 2.24) is 0 Å². The maximum absolute atomic E-state index is 6.28. The summed E-state index contributed by atoms with van der Waals surface area (Å²) < 4.78 is 5.66. The third kappa shape index (κ3) is 2.79. The van der Waals surface area contributed by atoms with Crippen molar-refractivity contribution < 1.29 is 4.43 Å². The van der Waals surface area contributed by atoms with E-state index in [1.165, 1.54) is 0 Å². The van der Waals surface area contributed by atoms with Gasteiger partial charge in [0.05, 0.1) is 0 Å². The molecule has 0 aliphatic rings. The Kier molecular flexibility index (Phi) is 3.54. The molecule has 0 aliphatic carbocycles. The fourth-order valence-corrected chi connectivity index (χ4v) is 3.75. The lowest BCUT2D eigenvalue weighted by Crippen LogP contribution is -2.43. The van der Waals surface area contributed by atoms with E-state index >= 15 is 0 Å². The largest absolute Gasteiger partial charge is 0.515 e. The Hall–Kier alpha value is -0.963. The molecular formula is C12H10Cl2OSi. The summed E-state index contributed by atoms with van der Waals surface area (Å²) in [7, 11) is 0. The van der Waals surface area contributed by atoms with Crippen LogP contribution in [0.3, 0.4) is 0 Å². The van der Waals surface area contributed by atoms with Crippen LogP contribution < -0.4 is 9.61 Å². The first-order chi connectivity index (χ1) is 7.68. The summed E-state index contributed by atoms with van der Waals surface area (Å²) in [5.74, 6) is 0.697. The van der Waals surface area contributed by atoms with Crippen LogP contribution in [0.5, 0.6) is 5.75 Å². The van der Waals surface area contributed by atoms with Crippen molar-refractivity contribution in [2.45, 2.75) is 0 Å². The van der Waals surface area contributed by atoms with Gasteiger partial charge in [-0.3, -0.25) is 0 Å². The monoisotopic (exact) mass is 268 g/mol. The minimum absolute atomic E-state index is 0.697. The van der Waals surface area contributed by atoms with E-state index in [-0.39, 0.29) is 0 Å². The second kappa shape index (κ2) is 4.91. The molecule has 82 valence electrons. The van der Waals surface area contributed by atoms with Crippen molar-refractivity contribution >= 4 is 34.3 Å². The number of halogens is 2. The zero-order chi connectivity index (χ0) is 11.4. The van der Waals surface area contributed by atoms with Crippen LogP contribution in [-0.2, 0) is 0 Å². The molecule has 0 saturated heterocycles. The highest BCUT2D eigenvalue weighted by atomic mass is 35.7. The lowest BCUT2D eigenvalue weighted by molar-refractivity contribution is 0.590. The van der Waals surface area contributed by atoms with Gasteiger partial charge < -0.3 is 4.43 Å². The topological polar surface area (TPSA) is 9.23 Å². The van der Waals surface area contributed by atoms with E-state index in [2.05, 4.69) is 0 Å². The van der Waals surface area contributed by atoms with Gasteiger partial charge in [0.2, 0.25) is 0 Å². The Morgan fingerprint density at radius 2 is 1.25 bits per heavy atom. The molecule has 0 bridgehead atoms. The molecule has 16 heavy (non-hydrogen) atoms. The fraction of sp³-hybridized carbons (Fsp3) is 0. The summed E-state index contributed by atoms with van der Waals surface area (Å²) in [5, 5.41) is 0.849. The smallest absolute Gasteiger partial charge is 0.484 e. The molecule has 2 aromatic carbocycles. The summed E-state index contributed by atoms with van der Waals surface area (Å²) in [5.41, 5.74) is 0. The highest BCUT2D eigenvalue weighted by molar-refractivity contribution is 7.48. The van der Waals surface area contributed by atoms with Gasteiger partial charge in [0.15, 0.2) is 0 Å². The molecule has 0 N–H and O–H groups in total. The van der Waals surface area contributed by atoms with Crippen molar-refractivity contribution in [3.63, 3.8) is 0 Å². The van der Waals surface area contributed by atoms with E-state index in [1.54, 1.807) is 0 Å². The second-order valence-corrected chi connectivity index (χ2v) is 8.89. The van der Waals surface area contributed by atoms with Crippen LogP contribution in [0.4, 0.5) is 0 Å². The first-order valence-corrected chi connectivity index (χ1v) is 8.79. The van der Waals surface area contributed by atoms with Crippen LogP contribution in [0.25, 0.3) is 0 Å². The Balaban J connectivity index is 2.21. The average Bonchev–Trinajstić information content (AvgIpc) is 2.31. The van der Waals surface area contributed by atoms with Gasteiger partial charge in [-0.1, -0.05) is 70.7 Å². The predicted octanol–water partition coefficient (Wildman–Crippen LogP) is 3.39. The average molecular weight is 269 g/mol. The standard InChI is InChI=1S/C12H10Cl2OSi/c13-16(14,12-9-5-2-6-10-12)15-11-7-3-1-4-8-11/h1-10H. The van der Waals surface area contributed by atoms with Crippen LogP contribution in [0.2, 0.25) is 0 Å². The van der Waals surface area contributed by atoms with Crippen molar-refractivity contribution in [1.29, 1.82) is 0 Å². The zero-order valence-electron chi connectivity index (χ0n) is 8.44. The lowest BCUT2D eigenvalue weighted by atomic mass is 10.3. The molecule has 0 fully saturated rings. The lowest BCUT2D eigenvalue weighted by Gasteiger charge is -2.18. The summed E-state index contributed by atoms with van der Waals surface area (Å²) in [6, 6.07) is 18.9. The van der Waals surface area contributed by atoms with Crippen LogP contribution in [-0.4, -0.2) is 6.94 Å². The molecule has 0 aliphatic heterocycles. The maximum atomic E-state index is 6.28. The zero-order valence-corrected chi connectivity index (χ0v) is 10.9. The number of rotatable bonds is 3. The van der Waals surface area contributed by atoms with Gasteiger partial charge in [0.1, 0.15) is 5.75 Å². The normalized spacial score (nSPS) is 11.1. The third-order valence-electron chi connectivity index (χ3n) is 2.10. The number of hydrogen-bond donors (Lipinski definition) is 0. The minimum atomic E-state index is -2.88. The molecule has 1 nitrogen and oxygen atoms in total. The van der Waals surface area contributed by atoms with Gasteiger partial charge in [0.25, 0.3) is 0 Å². The Labute approximate surface area is 105 Å². The van der Waals surface area contributed by atoms with Crippen LogP contribution in [0, 0.1) is 0 Å². The summed E-state index contributed by atoms with van der Waals surface area (Å²) in [4.78, 5) is 0. The molecule has 0 aromatic heterocycles. The number of para-hydroxylation sites is 1. The molecule has 4 heteroatoms. The first-order valence-electron chi connectivity index (χ1n) is 4.86. The van der Waals surface area contributed by atoms with Gasteiger partial charge in [-0.05, 0) is 12.1 Å². The predicted molar refractivity (Wildman–Crippen MR) is 70.6 cm³/mol. The highest BCUT2D eigenvalue weighted by Crippen LogP contribution is 2.21. The van der Waals surface area contributed by atoms with Gasteiger partial charge in [-0.2, -0.15) is 0 Å². The molecule has 0 amide bonds. The van der Waals surface area contributed by atoms with E-state index in [1.807, 2.05) is 60.7 Å². The molecule has 0 spiro atoms. The molecule has 0 atom stereocenters. The quantitative estimate of drug-likeness (QED) is 0.613. The molecule has 0 unspecified atom stereocenters. The van der Waals surface area contributed by atoms with E-state index < -0.39 is 6.94 Å². The summed E-state index contributed by atoms with van der Waals surface area (Å²) >= 11 is 12.6. The Bertz CT molecular complexity index is 445. The maximum Gasteiger partial charge on any atom is 0.484 e. The van der Waals surface area contributed by atoms with Gasteiger partial charge in [-0.15, -0.1) is 0 Å². The third-order valence-corrected chi connectivity index (χ3v) is 5.37. The van der Waals surface area contributed by atoms with Crippen molar-refractivity contribution in [2.75, 3.05) is 0 Å². The van der Waals surface area contributed by atoms with Crippen molar-refractivity contribution in [3.8, 4) is 5.75 Å². The minimum Gasteiger partial charge on any atom is -0.515 e. The van der Waals surface area contributed by atoms with Gasteiger partial charge >= 0.3 is 6.94 Å². The van der Waals surface area contributed by atoms with E-state index in [9.17, 15) is 0 Å². The summed E-state index contributed by atoms with van der Waals surface area (Å²) in [6.07, 6.45) is 0. The number of hydrogen-bond acceptors (Lipinski definition) is 1. The molecular weight excluding hydrogens is 259 g/mol. The van der Waals surface area contributed by atoms with Crippen molar-refractivity contribution in [2.24, 2.45) is 0 Å².